The summed E-state index contributed by atoms with van der Waals surface area (Å²) in [5.41, 5.74) is 3.47. The number of para-hydroxylation sites is 1. The molecule has 0 bridgehead atoms. The summed E-state index contributed by atoms with van der Waals surface area (Å²) in [7, 11) is -4.32. The summed E-state index contributed by atoms with van der Waals surface area (Å²) in [6.45, 7) is 5.36. The lowest BCUT2D eigenvalue weighted by atomic mass is 9.67. The van der Waals surface area contributed by atoms with Gasteiger partial charge in [-0.15, -0.1) is 0 Å². The number of non-ortho nitro benzene ring substituents is 1. The summed E-state index contributed by atoms with van der Waals surface area (Å²) < 4.78 is 29.6. The maximum atomic E-state index is 14.8. The summed E-state index contributed by atoms with van der Waals surface area (Å²) in [5, 5.41) is 11.2. The molecule has 4 aromatic rings. The summed E-state index contributed by atoms with van der Waals surface area (Å²) in [6.07, 6.45) is 1.64. The van der Waals surface area contributed by atoms with Crippen LogP contribution < -0.4 is 4.90 Å². The highest BCUT2D eigenvalue weighted by atomic mass is 32.2. The SMILES string of the molecule is CC(=O)[C@@H]1CN(S(=O)(=O)c2ccc([N+](=O)[O-])cc2)C(c2ccccc2)=C[C@]12C(=O)N(Cc1cc(C)cc(C)c1)c1ccccc12. The topological polar surface area (TPSA) is 118 Å². The van der Waals surface area contributed by atoms with Crippen molar-refractivity contribution in [3.05, 3.63) is 141 Å². The summed E-state index contributed by atoms with van der Waals surface area (Å²) in [5.74, 6) is -1.68. The fourth-order valence-corrected chi connectivity index (χ4v) is 8.16. The Balaban J connectivity index is 1.56. The second-order valence-corrected chi connectivity index (χ2v) is 13.5. The molecule has 2 atom stereocenters. The number of nitro groups is 1. The number of benzene rings is 4. The van der Waals surface area contributed by atoms with Crippen LogP contribution in [0.15, 0.2) is 108 Å². The number of Topliss-reactive ketones (excluding diaryl/α,β-unsaturated/α-hetero) is 1. The number of carbonyl (C=O) groups is 2. The smallest absolute Gasteiger partial charge is 0.269 e. The van der Waals surface area contributed by atoms with Crippen molar-refractivity contribution in [1.29, 1.82) is 0 Å². The van der Waals surface area contributed by atoms with Crippen molar-refractivity contribution >= 4 is 38.8 Å². The van der Waals surface area contributed by atoms with E-state index in [2.05, 4.69) is 6.07 Å². The van der Waals surface area contributed by atoms with Gasteiger partial charge in [-0.25, -0.2) is 8.42 Å². The number of carbonyl (C=O) groups excluding carboxylic acids is 2. The van der Waals surface area contributed by atoms with Crippen LogP contribution in [0.4, 0.5) is 11.4 Å². The van der Waals surface area contributed by atoms with Gasteiger partial charge in [0.05, 0.1) is 28.0 Å². The molecule has 0 saturated carbocycles. The number of rotatable bonds is 7. The van der Waals surface area contributed by atoms with Crippen LogP contribution in [0, 0.1) is 29.9 Å². The standard InChI is InChI=1S/C35H31N3O6S/c1-23-17-24(2)19-26(18-23)21-36-32-12-8-7-11-30(32)35(34(36)40)20-33(27-9-5-4-6-10-27)37(22-31(35)25(3)39)45(43,44)29-15-13-28(14-16-29)38(41)42/h4-20,31H,21-22H2,1-3H3/t31-,35+/m0/s1. The van der Waals surface area contributed by atoms with Gasteiger partial charge in [0.1, 0.15) is 11.2 Å². The highest BCUT2D eigenvalue weighted by Gasteiger charge is 2.59. The first-order valence-electron chi connectivity index (χ1n) is 14.5. The van der Waals surface area contributed by atoms with Crippen molar-refractivity contribution in [1.82, 2.24) is 4.31 Å². The molecule has 0 aromatic heterocycles. The van der Waals surface area contributed by atoms with E-state index in [-0.39, 0.29) is 41.1 Å². The lowest BCUT2D eigenvalue weighted by Crippen LogP contribution is -2.54. The lowest BCUT2D eigenvalue weighted by molar-refractivity contribution is -0.384. The predicted molar refractivity (Wildman–Crippen MR) is 171 cm³/mol. The number of hydrogen-bond donors (Lipinski definition) is 0. The van der Waals surface area contributed by atoms with Crippen molar-refractivity contribution in [3.8, 4) is 0 Å². The maximum absolute atomic E-state index is 14.8. The largest absolute Gasteiger partial charge is 0.307 e. The van der Waals surface area contributed by atoms with E-state index in [4.69, 9.17) is 0 Å². The van der Waals surface area contributed by atoms with Crippen LogP contribution in [0.2, 0.25) is 0 Å². The van der Waals surface area contributed by atoms with Crippen LogP contribution in [-0.4, -0.2) is 35.9 Å². The molecule has 2 aliphatic rings. The molecule has 2 aliphatic heterocycles. The molecule has 0 aliphatic carbocycles. The molecular formula is C35H31N3O6S. The molecule has 45 heavy (non-hydrogen) atoms. The number of nitrogens with zero attached hydrogens (tertiary/aromatic N) is 3. The van der Waals surface area contributed by atoms with Gasteiger partial charge in [-0.3, -0.25) is 24.0 Å². The van der Waals surface area contributed by atoms with E-state index in [1.54, 1.807) is 41.3 Å². The number of sulfonamides is 1. The molecule has 0 saturated heterocycles. The van der Waals surface area contributed by atoms with Crippen molar-refractivity contribution in [2.45, 2.75) is 37.6 Å². The number of nitro benzene ring substituents is 1. The molecule has 9 nitrogen and oxygen atoms in total. The number of hydrogen-bond acceptors (Lipinski definition) is 6. The molecule has 1 spiro atoms. The summed E-state index contributed by atoms with van der Waals surface area (Å²) in [4.78, 5) is 40.5. The van der Waals surface area contributed by atoms with Crippen LogP contribution in [0.1, 0.15) is 34.7 Å². The molecule has 0 unspecified atom stereocenters. The van der Waals surface area contributed by atoms with Crippen molar-refractivity contribution in [3.63, 3.8) is 0 Å². The molecule has 228 valence electrons. The first-order chi connectivity index (χ1) is 21.4. The van der Waals surface area contributed by atoms with Gasteiger partial charge in [0.2, 0.25) is 5.91 Å². The fraction of sp³-hybridized carbons (Fsp3) is 0.200. The summed E-state index contributed by atoms with van der Waals surface area (Å²) in [6, 6.07) is 27.0. The number of amides is 1. The van der Waals surface area contributed by atoms with E-state index in [0.717, 1.165) is 33.1 Å². The van der Waals surface area contributed by atoms with Gasteiger partial charge in [0.15, 0.2) is 0 Å². The van der Waals surface area contributed by atoms with Crippen LogP contribution in [0.5, 0.6) is 0 Å². The molecule has 10 heteroatoms. The van der Waals surface area contributed by atoms with Gasteiger partial charge >= 0.3 is 0 Å². The van der Waals surface area contributed by atoms with Gasteiger partial charge in [-0.2, -0.15) is 0 Å². The second kappa shape index (κ2) is 11.1. The van der Waals surface area contributed by atoms with E-state index in [1.807, 2.05) is 50.2 Å². The average Bonchev–Trinajstić information content (AvgIpc) is 3.23. The maximum Gasteiger partial charge on any atom is 0.269 e. The lowest BCUT2D eigenvalue weighted by Gasteiger charge is -2.43. The Hall–Kier alpha value is -5.09. The summed E-state index contributed by atoms with van der Waals surface area (Å²) >= 11 is 0. The Labute approximate surface area is 261 Å². The third-order valence-corrected chi connectivity index (χ3v) is 10.4. The van der Waals surface area contributed by atoms with Gasteiger partial charge in [0.25, 0.3) is 15.7 Å². The van der Waals surface area contributed by atoms with Crippen molar-refractivity contribution in [2.24, 2.45) is 5.92 Å². The van der Waals surface area contributed by atoms with E-state index < -0.39 is 26.3 Å². The molecular weight excluding hydrogens is 590 g/mol. The molecule has 2 heterocycles. The van der Waals surface area contributed by atoms with Gasteiger partial charge < -0.3 is 4.90 Å². The fourth-order valence-electron chi connectivity index (χ4n) is 6.66. The van der Waals surface area contributed by atoms with Crippen LogP contribution in [0.3, 0.4) is 0 Å². The highest BCUT2D eigenvalue weighted by Crippen LogP contribution is 2.53. The molecule has 0 radical (unpaired) electrons. The highest BCUT2D eigenvalue weighted by molar-refractivity contribution is 7.89. The van der Waals surface area contributed by atoms with Gasteiger partial charge in [-0.1, -0.05) is 77.9 Å². The number of fused-ring (bicyclic) bond motifs is 2. The Morgan fingerprint density at radius 1 is 0.933 bits per heavy atom. The number of anilines is 1. The van der Waals surface area contributed by atoms with Gasteiger partial charge in [0, 0.05) is 24.4 Å². The molecule has 1 amide bonds. The zero-order chi connectivity index (χ0) is 32.1. The van der Waals surface area contributed by atoms with Gasteiger partial charge in [-0.05, 0) is 61.7 Å². The van der Waals surface area contributed by atoms with E-state index in [0.29, 0.717) is 16.8 Å². The third kappa shape index (κ3) is 5.01. The third-order valence-electron chi connectivity index (χ3n) is 8.59. The first-order valence-corrected chi connectivity index (χ1v) is 15.9. The molecule has 6 rings (SSSR count). The minimum Gasteiger partial charge on any atom is -0.307 e. The minimum absolute atomic E-state index is 0.164. The van der Waals surface area contributed by atoms with E-state index in [9.17, 15) is 28.1 Å². The van der Waals surface area contributed by atoms with Crippen LogP contribution >= 0.6 is 0 Å². The predicted octanol–water partition coefficient (Wildman–Crippen LogP) is 5.95. The second-order valence-electron chi connectivity index (χ2n) is 11.6. The zero-order valence-electron chi connectivity index (χ0n) is 25.0. The Morgan fingerprint density at radius 2 is 1.56 bits per heavy atom. The van der Waals surface area contributed by atoms with Crippen molar-refractivity contribution in [2.75, 3.05) is 11.4 Å². The normalized spacial score (nSPS) is 19.4. The van der Waals surface area contributed by atoms with E-state index in [1.165, 1.54) is 19.1 Å². The number of aryl methyl sites for hydroxylation is 2. The Kier molecular flexibility index (Phi) is 7.40. The quantitative estimate of drug-likeness (QED) is 0.186. The van der Waals surface area contributed by atoms with Crippen molar-refractivity contribution < 1.29 is 22.9 Å². The van der Waals surface area contributed by atoms with Crippen LogP contribution in [0.25, 0.3) is 5.70 Å². The Bertz CT molecular complexity index is 1970. The average molecular weight is 622 g/mol. The minimum atomic E-state index is -4.32. The number of ketones is 1. The zero-order valence-corrected chi connectivity index (χ0v) is 25.8. The van der Waals surface area contributed by atoms with E-state index >= 15 is 0 Å². The van der Waals surface area contributed by atoms with Crippen LogP contribution in [-0.2, 0) is 31.6 Å². The molecule has 0 fully saturated rings. The Morgan fingerprint density at radius 3 is 2.18 bits per heavy atom. The monoisotopic (exact) mass is 621 g/mol. The first kappa shape index (κ1) is 30.0. The molecule has 0 N–H and O–H groups in total. The molecule has 4 aromatic carbocycles.